The minimum Gasteiger partial charge on any atom is -0.505 e. The second-order valence-electron chi connectivity index (χ2n) is 3.51. The van der Waals surface area contributed by atoms with Gasteiger partial charge in [0.1, 0.15) is 5.75 Å². The molecule has 0 N–H and O–H groups in total. The van der Waals surface area contributed by atoms with Gasteiger partial charge in [-0.25, -0.2) is 8.63 Å². The third-order valence-corrected chi connectivity index (χ3v) is 2.24. The van der Waals surface area contributed by atoms with Crippen LogP contribution >= 0.6 is 0 Å². The maximum Gasteiger partial charge on any atom is 0.796 e. The lowest BCUT2D eigenvalue weighted by molar-refractivity contribution is 0.426. The van der Waals surface area contributed by atoms with Crippen LogP contribution in [0.15, 0.2) is 59.6 Å². The minimum absolute atomic E-state index is 0.118. The van der Waals surface area contributed by atoms with Crippen molar-refractivity contribution < 1.29 is 13.3 Å². The van der Waals surface area contributed by atoms with E-state index >= 15 is 0 Å². The van der Waals surface area contributed by atoms with Crippen LogP contribution in [0, 0.1) is 0 Å². The van der Waals surface area contributed by atoms with Crippen LogP contribution in [0.25, 0.3) is 0 Å². The van der Waals surface area contributed by atoms with Crippen molar-refractivity contribution in [1.82, 2.24) is 0 Å². The summed E-state index contributed by atoms with van der Waals surface area (Å²) in [7, 11) is -2.84. The Balaban J connectivity index is 2.21. The van der Waals surface area contributed by atoms with Crippen LogP contribution in [0.2, 0.25) is 0 Å². The molecule has 2 aromatic carbocycles. The minimum atomic E-state index is -2.84. The maximum absolute atomic E-state index is 12.2. The average molecular weight is 245 g/mol. The van der Waals surface area contributed by atoms with Crippen molar-refractivity contribution >= 4 is 19.4 Å². The Morgan fingerprint density at radius 3 is 2.33 bits per heavy atom. The van der Waals surface area contributed by atoms with Crippen molar-refractivity contribution in [2.45, 2.75) is 0 Å². The largest absolute Gasteiger partial charge is 0.796 e. The van der Waals surface area contributed by atoms with Crippen LogP contribution in [0.3, 0.4) is 0 Å². The van der Waals surface area contributed by atoms with E-state index < -0.39 is 7.47 Å². The molecule has 0 aliphatic carbocycles. The van der Waals surface area contributed by atoms with E-state index in [1.165, 1.54) is 12.3 Å². The first-order valence-electron chi connectivity index (χ1n) is 5.38. The first-order valence-corrected chi connectivity index (χ1v) is 5.38. The molecule has 0 amide bonds. The summed E-state index contributed by atoms with van der Waals surface area (Å²) in [6.07, 6.45) is 1.51. The van der Waals surface area contributed by atoms with Crippen LogP contribution in [0.4, 0.5) is 14.3 Å². The summed E-state index contributed by atoms with van der Waals surface area (Å²) in [5.74, 6) is 0.118. The van der Waals surface area contributed by atoms with Crippen LogP contribution in [-0.2, 0) is 0 Å². The lowest BCUT2D eigenvalue weighted by Crippen LogP contribution is -2.09. The molecule has 0 aliphatic rings. The second-order valence-corrected chi connectivity index (χ2v) is 3.51. The standard InChI is InChI=1S/C13H10BF2NO/c15-14(16)18-13-9-5-4-6-11(13)10-17-12-7-2-1-3-8-12/h1-10H. The summed E-state index contributed by atoms with van der Waals surface area (Å²) in [5, 5.41) is 0. The molecular weight excluding hydrogens is 235 g/mol. The Morgan fingerprint density at radius 1 is 0.944 bits per heavy atom. The predicted octanol–water partition coefficient (Wildman–Crippen LogP) is 3.74. The zero-order chi connectivity index (χ0) is 12.8. The van der Waals surface area contributed by atoms with Crippen molar-refractivity contribution in [2.75, 3.05) is 0 Å². The van der Waals surface area contributed by atoms with Gasteiger partial charge in [-0.05, 0) is 24.3 Å². The van der Waals surface area contributed by atoms with Crippen molar-refractivity contribution in [3.05, 3.63) is 60.2 Å². The molecule has 0 radical (unpaired) electrons. The first-order chi connectivity index (χ1) is 8.75. The summed E-state index contributed by atoms with van der Waals surface area (Å²) in [6.45, 7) is 0. The van der Waals surface area contributed by atoms with E-state index in [2.05, 4.69) is 9.65 Å². The van der Waals surface area contributed by atoms with E-state index in [9.17, 15) is 8.63 Å². The Hall–Kier alpha value is -2.17. The van der Waals surface area contributed by atoms with Crippen LogP contribution in [0.1, 0.15) is 5.56 Å². The normalized spacial score (nSPS) is 10.6. The molecule has 0 unspecified atom stereocenters. The molecule has 0 atom stereocenters. The summed E-state index contributed by atoms with van der Waals surface area (Å²) in [4.78, 5) is 4.19. The maximum atomic E-state index is 12.2. The zero-order valence-corrected chi connectivity index (χ0v) is 9.46. The van der Waals surface area contributed by atoms with E-state index in [-0.39, 0.29) is 5.75 Å². The van der Waals surface area contributed by atoms with Gasteiger partial charge in [0.05, 0.1) is 5.69 Å². The Bertz CT molecular complexity index is 532. The van der Waals surface area contributed by atoms with Gasteiger partial charge in [-0.2, -0.15) is 0 Å². The molecule has 0 aliphatic heterocycles. The molecule has 0 bridgehead atoms. The van der Waals surface area contributed by atoms with Crippen molar-refractivity contribution in [1.29, 1.82) is 0 Å². The molecule has 0 fully saturated rings. The van der Waals surface area contributed by atoms with Gasteiger partial charge in [0.15, 0.2) is 0 Å². The van der Waals surface area contributed by atoms with Crippen molar-refractivity contribution in [3.63, 3.8) is 0 Å². The lowest BCUT2D eigenvalue weighted by Gasteiger charge is -2.05. The smallest absolute Gasteiger partial charge is 0.505 e. The van der Waals surface area contributed by atoms with Gasteiger partial charge in [0.2, 0.25) is 0 Å². The molecule has 2 nitrogen and oxygen atoms in total. The quantitative estimate of drug-likeness (QED) is 0.593. The second kappa shape index (κ2) is 5.96. The van der Waals surface area contributed by atoms with Gasteiger partial charge >= 0.3 is 7.47 Å². The number of benzene rings is 2. The van der Waals surface area contributed by atoms with E-state index in [1.54, 1.807) is 18.2 Å². The van der Waals surface area contributed by atoms with Crippen molar-refractivity contribution in [2.24, 2.45) is 4.99 Å². The highest BCUT2D eigenvalue weighted by Crippen LogP contribution is 2.18. The average Bonchev–Trinajstić information content (AvgIpc) is 2.38. The van der Waals surface area contributed by atoms with Gasteiger partial charge < -0.3 is 4.65 Å². The van der Waals surface area contributed by atoms with E-state index in [0.29, 0.717) is 5.56 Å². The number of hydrogen-bond donors (Lipinski definition) is 0. The molecule has 2 rings (SSSR count). The number of hydrogen-bond acceptors (Lipinski definition) is 2. The van der Waals surface area contributed by atoms with Gasteiger partial charge in [0.25, 0.3) is 0 Å². The molecule has 0 saturated heterocycles. The van der Waals surface area contributed by atoms with Crippen molar-refractivity contribution in [3.8, 4) is 5.75 Å². The van der Waals surface area contributed by atoms with E-state index in [0.717, 1.165) is 5.69 Å². The molecular formula is C13H10BF2NO. The number of rotatable bonds is 4. The zero-order valence-electron chi connectivity index (χ0n) is 9.46. The number of para-hydroxylation sites is 2. The van der Waals surface area contributed by atoms with Gasteiger partial charge in [-0.3, -0.25) is 4.99 Å². The van der Waals surface area contributed by atoms with Crippen LogP contribution in [0.5, 0.6) is 5.75 Å². The number of nitrogens with zero attached hydrogens (tertiary/aromatic N) is 1. The molecule has 0 aromatic heterocycles. The third kappa shape index (κ3) is 3.41. The highest BCUT2D eigenvalue weighted by Gasteiger charge is 2.18. The molecule has 0 heterocycles. The molecule has 2 aromatic rings. The number of aliphatic imine (C=N–C) groups is 1. The van der Waals surface area contributed by atoms with Gasteiger partial charge in [0, 0.05) is 11.8 Å². The fourth-order valence-corrected chi connectivity index (χ4v) is 1.45. The van der Waals surface area contributed by atoms with E-state index in [1.807, 2.05) is 30.3 Å². The Morgan fingerprint density at radius 2 is 1.61 bits per heavy atom. The molecule has 90 valence electrons. The topological polar surface area (TPSA) is 21.6 Å². The van der Waals surface area contributed by atoms with Gasteiger partial charge in [-0.1, -0.05) is 30.3 Å². The summed E-state index contributed by atoms with van der Waals surface area (Å²) in [6, 6.07) is 15.8. The Labute approximate surface area is 104 Å². The predicted molar refractivity (Wildman–Crippen MR) is 68.7 cm³/mol. The highest BCUT2D eigenvalue weighted by molar-refractivity contribution is 6.35. The fraction of sp³-hybridized carbons (Fsp3) is 0. The first kappa shape index (κ1) is 12.3. The summed E-state index contributed by atoms with van der Waals surface area (Å²) in [5.41, 5.74) is 1.27. The van der Waals surface area contributed by atoms with Gasteiger partial charge in [-0.15, -0.1) is 0 Å². The van der Waals surface area contributed by atoms with Crippen LogP contribution in [-0.4, -0.2) is 13.7 Å². The van der Waals surface area contributed by atoms with E-state index in [4.69, 9.17) is 0 Å². The molecule has 0 spiro atoms. The SMILES string of the molecule is FB(F)Oc1ccccc1C=Nc1ccccc1. The molecule has 0 saturated carbocycles. The highest BCUT2D eigenvalue weighted by atomic mass is 19.2. The fourth-order valence-electron chi connectivity index (χ4n) is 1.45. The monoisotopic (exact) mass is 245 g/mol. The third-order valence-electron chi connectivity index (χ3n) is 2.24. The molecule has 18 heavy (non-hydrogen) atoms. The lowest BCUT2D eigenvalue weighted by atomic mass is 10.2. The van der Waals surface area contributed by atoms with Crippen LogP contribution < -0.4 is 4.65 Å². The number of halogens is 2. The summed E-state index contributed by atoms with van der Waals surface area (Å²) < 4.78 is 28.8. The Kier molecular flexibility index (Phi) is 4.07. The molecule has 5 heteroatoms. The summed E-state index contributed by atoms with van der Waals surface area (Å²) >= 11 is 0.